The van der Waals surface area contributed by atoms with E-state index in [0.29, 0.717) is 42.5 Å². The van der Waals surface area contributed by atoms with Crippen LogP contribution in [0.3, 0.4) is 0 Å². The summed E-state index contributed by atoms with van der Waals surface area (Å²) >= 11 is 0. The van der Waals surface area contributed by atoms with Crippen LogP contribution in [0, 0.1) is 0 Å². The third-order valence-corrected chi connectivity index (χ3v) is 5.31. The van der Waals surface area contributed by atoms with Crippen LogP contribution in [0.15, 0.2) is 83.4 Å². The highest BCUT2D eigenvalue weighted by Gasteiger charge is 2.21. The van der Waals surface area contributed by atoms with Crippen LogP contribution in [-0.4, -0.2) is 30.8 Å². The number of carbonyl (C=O) groups excluding carboxylic acids is 1. The Morgan fingerprint density at radius 2 is 1.72 bits per heavy atom. The Balaban J connectivity index is 1.43. The molecular weight excluding hydrogens is 404 g/mol. The summed E-state index contributed by atoms with van der Waals surface area (Å²) in [6.45, 7) is 1.42. The molecule has 6 nitrogen and oxygen atoms in total. The first-order valence-electron chi connectivity index (χ1n) is 10.5. The molecule has 1 aliphatic heterocycles. The number of rotatable bonds is 6. The van der Waals surface area contributed by atoms with Crippen molar-refractivity contribution in [2.24, 2.45) is 0 Å². The van der Waals surface area contributed by atoms with Gasteiger partial charge >= 0.3 is 0 Å². The van der Waals surface area contributed by atoms with Gasteiger partial charge in [-0.25, -0.2) is 0 Å². The second-order valence-corrected chi connectivity index (χ2v) is 7.45. The van der Waals surface area contributed by atoms with Crippen molar-refractivity contribution in [3.8, 4) is 11.5 Å². The average molecular weight is 426 g/mol. The number of aromatic nitrogens is 1. The predicted octanol–water partition coefficient (Wildman–Crippen LogP) is 4.89. The van der Waals surface area contributed by atoms with E-state index in [0.717, 1.165) is 16.6 Å². The summed E-state index contributed by atoms with van der Waals surface area (Å²) < 4.78 is 16.7. The van der Waals surface area contributed by atoms with Crippen LogP contribution < -0.4 is 14.4 Å². The maximum absolute atomic E-state index is 13.4. The first-order valence-corrected chi connectivity index (χ1v) is 10.5. The third kappa shape index (κ3) is 4.21. The number of para-hydroxylation sites is 1. The zero-order valence-electron chi connectivity index (χ0n) is 17.4. The lowest BCUT2D eigenvalue weighted by molar-refractivity contribution is -0.117. The monoisotopic (exact) mass is 426 g/mol. The van der Waals surface area contributed by atoms with Crippen molar-refractivity contribution >= 4 is 28.6 Å². The highest BCUT2D eigenvalue weighted by Crippen LogP contribution is 2.34. The number of hydrogen-bond donors (Lipinski definition) is 0. The molecule has 0 saturated heterocycles. The number of nitrogens with zero attached hydrogens (tertiary/aromatic N) is 2. The van der Waals surface area contributed by atoms with Crippen LogP contribution in [0.4, 0.5) is 5.69 Å². The molecule has 0 fully saturated rings. The molecule has 0 saturated carbocycles. The second kappa shape index (κ2) is 8.98. The molecule has 2 heterocycles. The van der Waals surface area contributed by atoms with Crippen LogP contribution in [0.5, 0.6) is 11.5 Å². The highest BCUT2D eigenvalue weighted by molar-refractivity contribution is 5.97. The van der Waals surface area contributed by atoms with Gasteiger partial charge in [0.15, 0.2) is 17.1 Å². The van der Waals surface area contributed by atoms with Crippen molar-refractivity contribution in [2.75, 3.05) is 24.7 Å². The Morgan fingerprint density at radius 1 is 0.938 bits per heavy atom. The standard InChI is InChI=1S/C26H22N2O4/c29-26(18-22-21-10-4-5-11-23(21)32-27-22)28(14-6-9-19-7-2-1-3-8-19)20-12-13-24-25(17-20)31-16-15-30-24/h1-13,17H,14-16,18H2/b9-6+. The molecule has 0 spiro atoms. The summed E-state index contributed by atoms with van der Waals surface area (Å²) in [6.07, 6.45) is 4.11. The minimum atomic E-state index is -0.0848. The topological polar surface area (TPSA) is 64.8 Å². The minimum Gasteiger partial charge on any atom is -0.486 e. The number of benzene rings is 3. The van der Waals surface area contributed by atoms with Crippen LogP contribution in [-0.2, 0) is 11.2 Å². The zero-order valence-corrected chi connectivity index (χ0v) is 17.4. The molecule has 0 atom stereocenters. The third-order valence-electron chi connectivity index (χ3n) is 5.31. The van der Waals surface area contributed by atoms with Gasteiger partial charge in [-0.1, -0.05) is 59.8 Å². The summed E-state index contributed by atoms with van der Waals surface area (Å²) in [5, 5.41) is 4.97. The van der Waals surface area contributed by atoms with E-state index in [1.54, 1.807) is 4.90 Å². The van der Waals surface area contributed by atoms with Gasteiger partial charge in [-0.2, -0.15) is 0 Å². The summed E-state index contributed by atoms with van der Waals surface area (Å²) in [5.41, 5.74) is 3.11. The molecule has 0 N–H and O–H groups in total. The molecule has 1 amide bonds. The molecule has 32 heavy (non-hydrogen) atoms. The molecule has 0 unspecified atom stereocenters. The second-order valence-electron chi connectivity index (χ2n) is 7.45. The molecule has 4 aromatic rings. The molecular formula is C26H22N2O4. The molecule has 0 aliphatic carbocycles. The predicted molar refractivity (Wildman–Crippen MR) is 123 cm³/mol. The summed E-state index contributed by atoms with van der Waals surface area (Å²) in [6, 6.07) is 23.1. The number of hydrogen-bond acceptors (Lipinski definition) is 5. The van der Waals surface area contributed by atoms with Gasteiger partial charge in [0.2, 0.25) is 5.91 Å². The number of anilines is 1. The molecule has 1 aliphatic rings. The molecule has 160 valence electrons. The van der Waals surface area contributed by atoms with Crippen LogP contribution in [0.25, 0.3) is 17.0 Å². The molecule has 0 bridgehead atoms. The van der Waals surface area contributed by atoms with Crippen molar-refractivity contribution in [1.29, 1.82) is 0 Å². The number of ether oxygens (including phenoxy) is 2. The smallest absolute Gasteiger partial charge is 0.233 e. The van der Waals surface area contributed by atoms with Crippen molar-refractivity contribution in [3.63, 3.8) is 0 Å². The maximum atomic E-state index is 13.4. The summed E-state index contributed by atoms with van der Waals surface area (Å²) in [7, 11) is 0. The van der Waals surface area contributed by atoms with E-state index < -0.39 is 0 Å². The van der Waals surface area contributed by atoms with E-state index in [-0.39, 0.29) is 12.3 Å². The molecule has 3 aromatic carbocycles. The van der Waals surface area contributed by atoms with Crippen molar-refractivity contribution in [3.05, 3.63) is 90.1 Å². The molecule has 6 heteroatoms. The molecule has 1 aromatic heterocycles. The quantitative estimate of drug-likeness (QED) is 0.439. The average Bonchev–Trinajstić information content (AvgIpc) is 3.25. The Morgan fingerprint density at radius 3 is 2.59 bits per heavy atom. The fraction of sp³-hybridized carbons (Fsp3) is 0.154. The largest absolute Gasteiger partial charge is 0.486 e. The van der Waals surface area contributed by atoms with Crippen molar-refractivity contribution in [1.82, 2.24) is 5.16 Å². The van der Waals surface area contributed by atoms with Gasteiger partial charge in [0.25, 0.3) is 0 Å². The fourth-order valence-corrected chi connectivity index (χ4v) is 3.71. The van der Waals surface area contributed by atoms with Crippen molar-refractivity contribution < 1.29 is 18.8 Å². The SMILES string of the molecule is O=C(Cc1noc2ccccc12)N(C/C=C/c1ccccc1)c1ccc2c(c1)OCCO2. The Kier molecular flexibility index (Phi) is 5.58. The van der Waals surface area contributed by atoms with Crippen molar-refractivity contribution in [2.45, 2.75) is 6.42 Å². The Bertz CT molecular complexity index is 1260. The fourth-order valence-electron chi connectivity index (χ4n) is 3.71. The van der Waals surface area contributed by atoms with E-state index >= 15 is 0 Å². The van der Waals surface area contributed by atoms with Gasteiger partial charge in [-0.05, 0) is 29.8 Å². The van der Waals surface area contributed by atoms with Gasteiger partial charge in [-0.15, -0.1) is 0 Å². The van der Waals surface area contributed by atoms with Gasteiger partial charge in [0.1, 0.15) is 18.9 Å². The summed E-state index contributed by atoms with van der Waals surface area (Å²) in [5.74, 6) is 1.25. The lowest BCUT2D eigenvalue weighted by Gasteiger charge is -2.24. The van der Waals surface area contributed by atoms with E-state index in [9.17, 15) is 4.79 Å². The molecule has 0 radical (unpaired) electrons. The lowest BCUT2D eigenvalue weighted by atomic mass is 10.1. The molecule has 5 rings (SSSR count). The highest BCUT2D eigenvalue weighted by atomic mass is 16.6. The number of amides is 1. The van der Waals surface area contributed by atoms with Crippen LogP contribution >= 0.6 is 0 Å². The van der Waals surface area contributed by atoms with E-state index in [1.165, 1.54) is 0 Å². The van der Waals surface area contributed by atoms with E-state index in [4.69, 9.17) is 14.0 Å². The van der Waals surface area contributed by atoms with E-state index in [2.05, 4.69) is 5.16 Å². The van der Waals surface area contributed by atoms with Crippen LogP contribution in [0.2, 0.25) is 0 Å². The number of carbonyl (C=O) groups is 1. The summed E-state index contributed by atoms with van der Waals surface area (Å²) in [4.78, 5) is 15.1. The Labute approximate surface area is 185 Å². The first-order chi connectivity index (χ1) is 15.8. The van der Waals surface area contributed by atoms with Gasteiger partial charge < -0.3 is 18.9 Å². The lowest BCUT2D eigenvalue weighted by Crippen LogP contribution is -2.32. The number of fused-ring (bicyclic) bond motifs is 2. The van der Waals surface area contributed by atoms with Gasteiger partial charge in [0, 0.05) is 23.7 Å². The minimum absolute atomic E-state index is 0.0848. The van der Waals surface area contributed by atoms with Gasteiger partial charge in [-0.3, -0.25) is 4.79 Å². The van der Waals surface area contributed by atoms with Crippen LogP contribution in [0.1, 0.15) is 11.3 Å². The van der Waals surface area contributed by atoms with Gasteiger partial charge in [0.05, 0.1) is 6.42 Å². The first kappa shape index (κ1) is 19.9. The zero-order chi connectivity index (χ0) is 21.8. The van der Waals surface area contributed by atoms with E-state index in [1.807, 2.05) is 84.9 Å². The normalized spacial score (nSPS) is 12.9. The maximum Gasteiger partial charge on any atom is 0.233 e. The Hall–Kier alpha value is -4.06.